The number of carboxylic acids is 1. The number of carbonyl (C=O) groups is 3. The van der Waals surface area contributed by atoms with E-state index in [0.29, 0.717) is 22.6 Å². The van der Waals surface area contributed by atoms with Crippen LogP contribution in [0, 0.1) is 0 Å². The minimum Gasteiger partial charge on any atom is -0.480 e. The zero-order valence-corrected chi connectivity index (χ0v) is 12.9. The van der Waals surface area contributed by atoms with Crippen molar-refractivity contribution in [3.8, 4) is 0 Å². The van der Waals surface area contributed by atoms with Gasteiger partial charge in [-0.3, -0.25) is 14.5 Å². The van der Waals surface area contributed by atoms with E-state index in [2.05, 4.69) is 0 Å². The van der Waals surface area contributed by atoms with E-state index in [1.54, 1.807) is 31.2 Å². The van der Waals surface area contributed by atoms with Gasteiger partial charge in [0.15, 0.2) is 4.08 Å². The average Bonchev–Trinajstić information content (AvgIpc) is 3.05. The monoisotopic (exact) mass is 323 g/mol. The molecule has 0 aliphatic carbocycles. The van der Waals surface area contributed by atoms with Crippen molar-refractivity contribution in [2.75, 3.05) is 11.5 Å². The summed E-state index contributed by atoms with van der Waals surface area (Å²) in [5.41, 5.74) is 0.700. The quantitative estimate of drug-likeness (QED) is 0.857. The number of hydrogen-bond acceptors (Lipinski definition) is 5. The van der Waals surface area contributed by atoms with Gasteiger partial charge in [-0.05, 0) is 19.1 Å². The van der Waals surface area contributed by atoms with Gasteiger partial charge >= 0.3 is 5.97 Å². The first kappa shape index (κ1) is 14.5. The molecular weight excluding hydrogens is 310 g/mol. The van der Waals surface area contributed by atoms with Gasteiger partial charge in [0, 0.05) is 11.5 Å². The molecule has 110 valence electrons. The van der Waals surface area contributed by atoms with Crippen LogP contribution in [0.1, 0.15) is 27.6 Å². The summed E-state index contributed by atoms with van der Waals surface area (Å²) in [6, 6.07) is 5.89. The highest BCUT2D eigenvalue weighted by Crippen LogP contribution is 2.49. The maximum absolute atomic E-state index is 12.5. The van der Waals surface area contributed by atoms with Crippen LogP contribution < -0.4 is 0 Å². The number of amides is 2. The molecular formula is C14H13NO4S2. The first-order valence-corrected chi connectivity index (χ1v) is 8.44. The highest BCUT2D eigenvalue weighted by molar-refractivity contribution is 8.22. The highest BCUT2D eigenvalue weighted by atomic mass is 32.2. The smallest absolute Gasteiger partial charge is 0.332 e. The first-order chi connectivity index (χ1) is 9.99. The van der Waals surface area contributed by atoms with E-state index in [0.717, 1.165) is 4.90 Å². The van der Waals surface area contributed by atoms with Gasteiger partial charge < -0.3 is 5.11 Å². The lowest BCUT2D eigenvalue weighted by molar-refractivity contribution is -0.138. The maximum Gasteiger partial charge on any atom is 0.332 e. The van der Waals surface area contributed by atoms with E-state index in [4.69, 9.17) is 0 Å². The van der Waals surface area contributed by atoms with Crippen molar-refractivity contribution in [2.45, 2.75) is 17.0 Å². The second-order valence-corrected chi connectivity index (χ2v) is 7.81. The van der Waals surface area contributed by atoms with E-state index in [1.165, 1.54) is 23.5 Å². The standard InChI is InChI=1S/C14H13NO4S2/c1-8(14(13(18)19)20-6-7-21-14)15-11(16)9-4-2-3-5-10(9)12(15)17/h2-5,8H,6-7H2,1H3,(H,18,19)/t8-/m1/s1. The van der Waals surface area contributed by atoms with Crippen molar-refractivity contribution in [1.29, 1.82) is 0 Å². The van der Waals surface area contributed by atoms with Crippen LogP contribution in [0.4, 0.5) is 0 Å². The van der Waals surface area contributed by atoms with Gasteiger partial charge in [0.2, 0.25) is 0 Å². The first-order valence-electron chi connectivity index (χ1n) is 6.47. The molecule has 2 aliphatic rings. The highest BCUT2D eigenvalue weighted by Gasteiger charge is 2.54. The Hall–Kier alpha value is -1.47. The van der Waals surface area contributed by atoms with Crippen molar-refractivity contribution >= 4 is 41.3 Å². The van der Waals surface area contributed by atoms with Crippen molar-refractivity contribution in [3.63, 3.8) is 0 Å². The molecule has 0 saturated carbocycles. The molecule has 1 atom stereocenters. The second kappa shape index (κ2) is 5.06. The Bertz CT molecular complexity index is 605. The Kier molecular flexibility index (Phi) is 3.49. The topological polar surface area (TPSA) is 74.7 Å². The molecule has 2 aliphatic heterocycles. The van der Waals surface area contributed by atoms with Crippen LogP contribution in [0.15, 0.2) is 24.3 Å². The fraction of sp³-hybridized carbons (Fsp3) is 0.357. The SMILES string of the molecule is C[C@@H](N1C(=O)c2ccccc2C1=O)C1(C(=O)O)SCCS1. The summed E-state index contributed by atoms with van der Waals surface area (Å²) in [6.45, 7) is 1.64. The van der Waals surface area contributed by atoms with Gasteiger partial charge in [0.25, 0.3) is 11.8 Å². The molecule has 5 nitrogen and oxygen atoms in total. The summed E-state index contributed by atoms with van der Waals surface area (Å²) in [4.78, 5) is 37.7. The van der Waals surface area contributed by atoms with Gasteiger partial charge in [0.05, 0.1) is 17.2 Å². The summed E-state index contributed by atoms with van der Waals surface area (Å²) < 4.78 is -1.17. The Morgan fingerprint density at radius 3 is 2.10 bits per heavy atom. The molecule has 0 bridgehead atoms. The Balaban J connectivity index is 2.00. The molecule has 0 radical (unpaired) electrons. The summed E-state index contributed by atoms with van der Waals surface area (Å²) in [7, 11) is 0. The lowest BCUT2D eigenvalue weighted by atomic mass is 10.1. The maximum atomic E-state index is 12.5. The number of nitrogens with zero attached hydrogens (tertiary/aromatic N) is 1. The predicted octanol–water partition coefficient (Wildman–Crippen LogP) is 1.93. The molecule has 3 rings (SSSR count). The third-order valence-electron chi connectivity index (χ3n) is 3.78. The molecule has 1 aromatic rings. The van der Waals surface area contributed by atoms with E-state index in [9.17, 15) is 19.5 Å². The molecule has 0 spiro atoms. The summed E-state index contributed by atoms with van der Waals surface area (Å²) in [5.74, 6) is -0.401. The summed E-state index contributed by atoms with van der Waals surface area (Å²) >= 11 is 2.59. The van der Waals surface area contributed by atoms with Gasteiger partial charge in [-0.25, -0.2) is 4.79 Å². The fourth-order valence-electron chi connectivity index (χ4n) is 2.70. The van der Waals surface area contributed by atoms with Crippen LogP contribution in [-0.4, -0.2) is 49.4 Å². The van der Waals surface area contributed by atoms with Crippen molar-refractivity contribution in [1.82, 2.24) is 4.90 Å². The fourth-order valence-corrected chi connectivity index (χ4v) is 5.75. The van der Waals surface area contributed by atoms with Crippen molar-refractivity contribution < 1.29 is 19.5 Å². The Labute approximate surface area is 130 Å². The summed E-state index contributed by atoms with van der Waals surface area (Å²) in [5, 5.41) is 9.59. The number of carboxylic acid groups (broad SMARTS) is 1. The molecule has 21 heavy (non-hydrogen) atoms. The van der Waals surface area contributed by atoms with Gasteiger partial charge in [-0.15, -0.1) is 23.5 Å². The Morgan fingerprint density at radius 1 is 1.19 bits per heavy atom. The molecule has 1 saturated heterocycles. The second-order valence-electron chi connectivity index (χ2n) is 4.87. The zero-order chi connectivity index (χ0) is 15.2. The molecule has 1 N–H and O–H groups in total. The minimum absolute atomic E-state index is 0.350. The molecule has 7 heteroatoms. The zero-order valence-electron chi connectivity index (χ0n) is 11.2. The molecule has 1 aromatic carbocycles. The number of hydrogen-bond donors (Lipinski definition) is 1. The third kappa shape index (κ3) is 1.98. The van der Waals surface area contributed by atoms with Gasteiger partial charge in [0.1, 0.15) is 0 Å². The predicted molar refractivity (Wildman–Crippen MR) is 81.7 cm³/mol. The van der Waals surface area contributed by atoms with E-state index in [1.807, 2.05) is 0 Å². The van der Waals surface area contributed by atoms with Crippen LogP contribution in [0.5, 0.6) is 0 Å². The molecule has 1 fully saturated rings. The van der Waals surface area contributed by atoms with Gasteiger partial charge in [-0.1, -0.05) is 12.1 Å². The number of thioether (sulfide) groups is 2. The number of fused-ring (bicyclic) bond motifs is 1. The lowest BCUT2D eigenvalue weighted by Crippen LogP contribution is -2.52. The number of aliphatic carboxylic acids is 1. The average molecular weight is 323 g/mol. The number of imide groups is 1. The van der Waals surface area contributed by atoms with E-state index in [-0.39, 0.29) is 0 Å². The normalized spacial score (nSPS) is 21.5. The number of benzene rings is 1. The van der Waals surface area contributed by atoms with Crippen LogP contribution in [0.25, 0.3) is 0 Å². The molecule has 0 unspecified atom stereocenters. The van der Waals surface area contributed by atoms with Crippen molar-refractivity contribution in [2.24, 2.45) is 0 Å². The lowest BCUT2D eigenvalue weighted by Gasteiger charge is -2.34. The minimum atomic E-state index is -1.17. The number of rotatable bonds is 3. The largest absolute Gasteiger partial charge is 0.480 e. The number of carbonyl (C=O) groups excluding carboxylic acids is 2. The molecule has 2 amide bonds. The summed E-state index contributed by atoms with van der Waals surface area (Å²) in [6.07, 6.45) is 0. The van der Waals surface area contributed by atoms with Crippen molar-refractivity contribution in [3.05, 3.63) is 35.4 Å². The van der Waals surface area contributed by atoms with Crippen LogP contribution in [0.2, 0.25) is 0 Å². The van der Waals surface area contributed by atoms with Crippen LogP contribution in [-0.2, 0) is 4.79 Å². The molecule has 0 aromatic heterocycles. The Morgan fingerprint density at radius 2 is 1.67 bits per heavy atom. The van der Waals surface area contributed by atoms with Crippen LogP contribution in [0.3, 0.4) is 0 Å². The van der Waals surface area contributed by atoms with Crippen LogP contribution >= 0.6 is 23.5 Å². The van der Waals surface area contributed by atoms with E-state index < -0.39 is 27.9 Å². The third-order valence-corrected chi connectivity index (χ3v) is 7.45. The van der Waals surface area contributed by atoms with Gasteiger partial charge in [-0.2, -0.15) is 0 Å². The van der Waals surface area contributed by atoms with E-state index >= 15 is 0 Å². The molecule has 2 heterocycles.